The highest BCUT2D eigenvalue weighted by Gasteiger charge is 2.29. The summed E-state index contributed by atoms with van der Waals surface area (Å²) in [5.41, 5.74) is 5.24. The van der Waals surface area contributed by atoms with Crippen molar-refractivity contribution in [2.24, 2.45) is 0 Å². The van der Waals surface area contributed by atoms with Gasteiger partial charge in [-0.2, -0.15) is 11.8 Å². The molecule has 0 radical (unpaired) electrons. The van der Waals surface area contributed by atoms with Crippen LogP contribution in [0.4, 0.5) is 14.5 Å². The van der Waals surface area contributed by atoms with Crippen LogP contribution in [0, 0.1) is 11.6 Å². The fourth-order valence-corrected chi connectivity index (χ4v) is 4.08. The monoisotopic (exact) mass is 338 g/mol. The first kappa shape index (κ1) is 18.2. The van der Waals surface area contributed by atoms with Crippen LogP contribution in [-0.4, -0.2) is 26.0 Å². The quantitative estimate of drug-likeness (QED) is 0.750. The molecule has 8 heteroatoms. The molecule has 0 spiro atoms. The Bertz CT molecular complexity index is 594. The van der Waals surface area contributed by atoms with Gasteiger partial charge in [-0.25, -0.2) is 21.9 Å². The maximum Gasteiger partial charge on any atom is 0.243 e. The number of nitrogens with two attached hydrogens (primary N) is 1. The molecule has 3 N–H and O–H groups in total. The minimum absolute atomic E-state index is 0.138. The summed E-state index contributed by atoms with van der Waals surface area (Å²) >= 11 is 1.54. The summed E-state index contributed by atoms with van der Waals surface area (Å²) in [4.78, 5) is -0.762. The van der Waals surface area contributed by atoms with Gasteiger partial charge < -0.3 is 5.73 Å². The number of sulfonamides is 1. The van der Waals surface area contributed by atoms with E-state index in [-0.39, 0.29) is 17.0 Å². The molecule has 21 heavy (non-hydrogen) atoms. The predicted molar refractivity (Wildman–Crippen MR) is 82.8 cm³/mol. The Balaban J connectivity index is 3.08. The van der Waals surface area contributed by atoms with Crippen molar-refractivity contribution in [1.82, 2.24) is 4.72 Å². The van der Waals surface area contributed by atoms with Crippen LogP contribution in [0.2, 0.25) is 0 Å². The molecule has 0 amide bonds. The van der Waals surface area contributed by atoms with Crippen LogP contribution in [0.1, 0.15) is 26.7 Å². The van der Waals surface area contributed by atoms with Gasteiger partial charge in [0.05, 0.1) is 0 Å². The van der Waals surface area contributed by atoms with Crippen LogP contribution in [0.25, 0.3) is 0 Å². The van der Waals surface area contributed by atoms with Crippen LogP contribution in [0.5, 0.6) is 0 Å². The molecule has 0 saturated heterocycles. The Morgan fingerprint density at radius 1 is 1.29 bits per heavy atom. The van der Waals surface area contributed by atoms with Gasteiger partial charge in [0, 0.05) is 17.0 Å². The molecule has 1 aromatic rings. The first-order chi connectivity index (χ1) is 9.71. The van der Waals surface area contributed by atoms with Crippen molar-refractivity contribution in [3.63, 3.8) is 0 Å². The molecule has 0 aliphatic heterocycles. The van der Waals surface area contributed by atoms with Gasteiger partial charge in [-0.05, 0) is 31.2 Å². The normalized spacial score (nSPS) is 12.6. The molecule has 120 valence electrons. The van der Waals surface area contributed by atoms with Gasteiger partial charge in [-0.15, -0.1) is 0 Å². The number of hydrogen-bond donors (Lipinski definition) is 2. The molecule has 0 aliphatic rings. The van der Waals surface area contributed by atoms with Crippen molar-refractivity contribution in [3.05, 3.63) is 23.8 Å². The van der Waals surface area contributed by atoms with Crippen molar-refractivity contribution in [3.8, 4) is 0 Å². The van der Waals surface area contributed by atoms with E-state index in [1.807, 2.05) is 20.1 Å². The molecule has 0 aliphatic carbocycles. The fraction of sp³-hybridized carbons (Fsp3) is 0.538. The number of hydrogen-bond acceptors (Lipinski definition) is 4. The summed E-state index contributed by atoms with van der Waals surface area (Å²) in [7, 11) is -4.16. The Morgan fingerprint density at radius 3 is 2.33 bits per heavy atom. The number of nitrogens with one attached hydrogen (secondary N) is 1. The van der Waals surface area contributed by atoms with Crippen molar-refractivity contribution in [1.29, 1.82) is 0 Å². The summed E-state index contributed by atoms with van der Waals surface area (Å²) in [5.74, 6) is -2.70. The van der Waals surface area contributed by atoms with E-state index in [4.69, 9.17) is 5.73 Å². The SMILES string of the molecule is CCC(CC)(CNS(=O)(=O)c1cc(N)cc(F)c1F)SC. The van der Waals surface area contributed by atoms with Gasteiger partial charge in [-0.3, -0.25) is 0 Å². The van der Waals surface area contributed by atoms with E-state index in [1.54, 1.807) is 11.8 Å². The minimum atomic E-state index is -4.16. The topological polar surface area (TPSA) is 72.2 Å². The summed E-state index contributed by atoms with van der Waals surface area (Å²) in [6.07, 6.45) is 3.39. The second-order valence-corrected chi connectivity index (χ2v) is 7.74. The van der Waals surface area contributed by atoms with Crippen molar-refractivity contribution < 1.29 is 17.2 Å². The Hall–Kier alpha value is -0.860. The van der Waals surface area contributed by atoms with E-state index in [0.717, 1.165) is 25.0 Å². The maximum absolute atomic E-state index is 13.7. The van der Waals surface area contributed by atoms with Gasteiger partial charge in [0.1, 0.15) is 4.90 Å². The number of thioether (sulfide) groups is 1. The molecule has 0 heterocycles. The molecule has 0 fully saturated rings. The van der Waals surface area contributed by atoms with Crippen molar-refractivity contribution >= 4 is 27.5 Å². The minimum Gasteiger partial charge on any atom is -0.399 e. The molecular formula is C13H20F2N2O2S2. The van der Waals surface area contributed by atoms with Gasteiger partial charge in [0.25, 0.3) is 0 Å². The first-order valence-electron chi connectivity index (χ1n) is 6.50. The summed E-state index contributed by atoms with van der Waals surface area (Å²) in [5, 5.41) is 0. The van der Waals surface area contributed by atoms with Crippen LogP contribution in [-0.2, 0) is 10.0 Å². The third kappa shape index (κ3) is 4.08. The van der Waals surface area contributed by atoms with E-state index < -0.39 is 26.6 Å². The van der Waals surface area contributed by atoms with Crippen LogP contribution < -0.4 is 10.5 Å². The number of benzene rings is 1. The number of halogens is 2. The highest BCUT2D eigenvalue weighted by Crippen LogP contribution is 2.30. The smallest absolute Gasteiger partial charge is 0.243 e. The van der Waals surface area contributed by atoms with Gasteiger partial charge in [0.15, 0.2) is 11.6 Å². The molecule has 0 saturated carbocycles. The molecule has 4 nitrogen and oxygen atoms in total. The Labute approximate surface area is 128 Å². The summed E-state index contributed by atoms with van der Waals surface area (Å²) < 4.78 is 53.4. The number of nitrogen functional groups attached to an aromatic ring is 1. The lowest BCUT2D eigenvalue weighted by atomic mass is 10.0. The molecule has 0 bridgehead atoms. The largest absolute Gasteiger partial charge is 0.399 e. The lowest BCUT2D eigenvalue weighted by molar-refractivity contribution is 0.480. The van der Waals surface area contributed by atoms with E-state index in [0.29, 0.717) is 0 Å². The van der Waals surface area contributed by atoms with Crippen LogP contribution in [0.3, 0.4) is 0 Å². The van der Waals surface area contributed by atoms with E-state index >= 15 is 0 Å². The molecule has 1 aromatic carbocycles. The molecule has 0 atom stereocenters. The van der Waals surface area contributed by atoms with Crippen LogP contribution >= 0.6 is 11.8 Å². The van der Waals surface area contributed by atoms with Gasteiger partial charge in [-0.1, -0.05) is 13.8 Å². The van der Waals surface area contributed by atoms with Gasteiger partial charge >= 0.3 is 0 Å². The van der Waals surface area contributed by atoms with Crippen molar-refractivity contribution in [2.45, 2.75) is 36.3 Å². The highest BCUT2D eigenvalue weighted by molar-refractivity contribution is 8.00. The average Bonchev–Trinajstić information content (AvgIpc) is 2.45. The zero-order valence-electron chi connectivity index (χ0n) is 12.2. The lowest BCUT2D eigenvalue weighted by Gasteiger charge is -2.29. The third-order valence-electron chi connectivity index (χ3n) is 3.61. The predicted octanol–water partition coefficient (Wildman–Crippen LogP) is 2.75. The second-order valence-electron chi connectivity index (χ2n) is 4.73. The Kier molecular flexibility index (Phi) is 6.01. The second kappa shape index (κ2) is 6.93. The maximum atomic E-state index is 13.7. The zero-order valence-corrected chi connectivity index (χ0v) is 13.9. The third-order valence-corrected chi connectivity index (χ3v) is 6.60. The molecule has 1 rings (SSSR count). The number of anilines is 1. The highest BCUT2D eigenvalue weighted by atomic mass is 32.2. The zero-order chi connectivity index (χ0) is 16.3. The summed E-state index contributed by atoms with van der Waals surface area (Å²) in [6.45, 7) is 4.05. The number of rotatable bonds is 7. The van der Waals surface area contributed by atoms with Crippen molar-refractivity contribution in [2.75, 3.05) is 18.5 Å². The van der Waals surface area contributed by atoms with E-state index in [9.17, 15) is 17.2 Å². The summed E-state index contributed by atoms with van der Waals surface area (Å²) in [6, 6.07) is 1.66. The van der Waals surface area contributed by atoms with Gasteiger partial charge in [0.2, 0.25) is 10.0 Å². The van der Waals surface area contributed by atoms with E-state index in [1.165, 1.54) is 0 Å². The average molecular weight is 338 g/mol. The Morgan fingerprint density at radius 2 is 1.86 bits per heavy atom. The van der Waals surface area contributed by atoms with E-state index in [2.05, 4.69) is 4.72 Å². The van der Waals surface area contributed by atoms with Crippen LogP contribution in [0.15, 0.2) is 17.0 Å². The lowest BCUT2D eigenvalue weighted by Crippen LogP contribution is -2.39. The molecular weight excluding hydrogens is 318 g/mol. The molecule has 0 unspecified atom stereocenters. The molecule has 0 aromatic heterocycles. The fourth-order valence-electron chi connectivity index (χ4n) is 1.94. The first-order valence-corrected chi connectivity index (χ1v) is 9.21. The standard InChI is InChI=1S/C13H20F2N2O2S2/c1-4-13(5-2,20-3)8-17-21(18,19)11-7-9(16)6-10(14)12(11)15/h6-7,17H,4-5,8,16H2,1-3H3.